The second-order valence-electron chi connectivity index (χ2n) is 12.0. The van der Waals surface area contributed by atoms with Gasteiger partial charge in [-0.25, -0.2) is 4.79 Å². The summed E-state index contributed by atoms with van der Waals surface area (Å²) >= 11 is 0. The normalized spacial score (nSPS) is 13.4. The number of carboxylic acid groups (broad SMARTS) is 1. The van der Waals surface area contributed by atoms with Crippen LogP contribution in [0.15, 0.2) is 0 Å². The summed E-state index contributed by atoms with van der Waals surface area (Å²) in [5.41, 5.74) is 0.0602. The van der Waals surface area contributed by atoms with Gasteiger partial charge in [0.2, 0.25) is 11.8 Å². The van der Waals surface area contributed by atoms with Crippen LogP contribution in [-0.2, 0) is 23.9 Å². The van der Waals surface area contributed by atoms with Gasteiger partial charge in [-0.15, -0.1) is 0 Å². The number of aliphatic carboxylic acids is 1. The molecule has 246 valence electrons. The van der Waals surface area contributed by atoms with E-state index in [4.69, 9.17) is 4.74 Å². The van der Waals surface area contributed by atoms with E-state index in [2.05, 4.69) is 21.5 Å². The number of rotatable bonds is 29. The fraction of sp³-hybridized carbons (Fsp3) is 0.879. The molecule has 4 unspecified atom stereocenters. The SMILES string of the molecule is CCCCCCCCCCCCCCCCCC(=O)NC(CCC(=O)N(C)C(C)CCOC(C)CCC(=O)P)C(=O)O. The molecule has 9 heteroatoms. The minimum atomic E-state index is -1.12. The molecule has 0 aromatic rings. The molecule has 0 aliphatic carbocycles. The molecule has 42 heavy (non-hydrogen) atoms. The molecule has 0 rings (SSSR count). The zero-order valence-electron chi connectivity index (χ0n) is 27.3. The highest BCUT2D eigenvalue weighted by Crippen LogP contribution is 2.14. The molecule has 0 aliphatic rings. The number of amides is 2. The van der Waals surface area contributed by atoms with E-state index in [0.29, 0.717) is 32.3 Å². The smallest absolute Gasteiger partial charge is 0.326 e. The van der Waals surface area contributed by atoms with Crippen LogP contribution in [0.1, 0.15) is 156 Å². The standard InChI is InChI=1S/C33H63N2O6P/c1-5-6-7-8-9-10-11-12-13-14-15-16-17-18-19-20-30(36)34-29(33(39)40)22-23-31(37)35(4)27(2)25-26-41-28(3)21-24-32(38)42/h27-29H,5-26,42H2,1-4H3,(H,34,36)(H,39,40). The van der Waals surface area contributed by atoms with E-state index in [1.807, 2.05) is 13.8 Å². The summed E-state index contributed by atoms with van der Waals surface area (Å²) < 4.78 is 5.73. The van der Waals surface area contributed by atoms with Crippen LogP contribution in [-0.4, -0.2) is 65.2 Å². The summed E-state index contributed by atoms with van der Waals surface area (Å²) in [4.78, 5) is 49.3. The van der Waals surface area contributed by atoms with Crippen molar-refractivity contribution in [1.82, 2.24) is 10.2 Å². The first kappa shape index (κ1) is 40.5. The van der Waals surface area contributed by atoms with Crippen molar-refractivity contribution in [3.63, 3.8) is 0 Å². The second kappa shape index (κ2) is 27.0. The first-order valence-electron chi connectivity index (χ1n) is 16.8. The van der Waals surface area contributed by atoms with Crippen molar-refractivity contribution in [2.24, 2.45) is 0 Å². The van der Waals surface area contributed by atoms with E-state index < -0.39 is 12.0 Å². The van der Waals surface area contributed by atoms with Gasteiger partial charge >= 0.3 is 5.97 Å². The van der Waals surface area contributed by atoms with Crippen molar-refractivity contribution in [2.75, 3.05) is 13.7 Å². The number of carbonyl (C=O) groups excluding carboxylic acids is 3. The number of unbranched alkanes of at least 4 members (excludes halogenated alkanes) is 14. The Morgan fingerprint density at radius 3 is 1.71 bits per heavy atom. The van der Waals surface area contributed by atoms with E-state index in [1.54, 1.807) is 11.9 Å². The van der Waals surface area contributed by atoms with Crippen molar-refractivity contribution in [3.05, 3.63) is 0 Å². The average Bonchev–Trinajstić information content (AvgIpc) is 2.95. The minimum Gasteiger partial charge on any atom is -0.480 e. The maximum absolute atomic E-state index is 12.6. The number of hydrogen-bond donors (Lipinski definition) is 2. The molecule has 0 spiro atoms. The number of nitrogens with one attached hydrogen (secondary N) is 1. The van der Waals surface area contributed by atoms with Crippen molar-refractivity contribution in [2.45, 2.75) is 174 Å². The van der Waals surface area contributed by atoms with Crippen molar-refractivity contribution in [3.8, 4) is 0 Å². The Hall–Kier alpha value is -1.53. The fourth-order valence-corrected chi connectivity index (χ4v) is 5.10. The summed E-state index contributed by atoms with van der Waals surface area (Å²) in [7, 11) is 3.87. The van der Waals surface area contributed by atoms with Gasteiger partial charge in [0.25, 0.3) is 0 Å². The molecule has 0 fully saturated rings. The first-order chi connectivity index (χ1) is 20.1. The molecule has 0 saturated heterocycles. The molecule has 0 aromatic carbocycles. The van der Waals surface area contributed by atoms with Gasteiger partial charge in [0, 0.05) is 39.0 Å². The van der Waals surface area contributed by atoms with Crippen LogP contribution in [0.3, 0.4) is 0 Å². The molecule has 0 bridgehead atoms. The number of ether oxygens (including phenoxy) is 1. The van der Waals surface area contributed by atoms with Crippen molar-refractivity contribution >= 4 is 32.5 Å². The molecule has 8 nitrogen and oxygen atoms in total. The molecule has 0 radical (unpaired) electrons. The number of nitrogens with zero attached hydrogens (tertiary/aromatic N) is 1. The third-order valence-electron chi connectivity index (χ3n) is 8.08. The summed E-state index contributed by atoms with van der Waals surface area (Å²) in [5, 5.41) is 12.2. The zero-order valence-corrected chi connectivity index (χ0v) is 28.5. The van der Waals surface area contributed by atoms with E-state index in [9.17, 15) is 24.3 Å². The van der Waals surface area contributed by atoms with Crippen LogP contribution in [0.4, 0.5) is 0 Å². The predicted octanol–water partition coefficient (Wildman–Crippen LogP) is 7.42. The Morgan fingerprint density at radius 1 is 0.738 bits per heavy atom. The highest BCUT2D eigenvalue weighted by Gasteiger charge is 2.23. The molecule has 0 heterocycles. The van der Waals surface area contributed by atoms with Crippen molar-refractivity contribution < 1.29 is 29.0 Å². The second-order valence-corrected chi connectivity index (χ2v) is 12.7. The van der Waals surface area contributed by atoms with Gasteiger partial charge in [-0.1, -0.05) is 106 Å². The molecule has 2 N–H and O–H groups in total. The van der Waals surface area contributed by atoms with Gasteiger partial charge in [0.1, 0.15) is 11.6 Å². The third kappa shape index (κ3) is 24.0. The Kier molecular flexibility index (Phi) is 26.1. The van der Waals surface area contributed by atoms with Crippen LogP contribution in [0, 0.1) is 0 Å². The van der Waals surface area contributed by atoms with Crippen LogP contribution >= 0.6 is 9.24 Å². The van der Waals surface area contributed by atoms with E-state index in [0.717, 1.165) is 19.3 Å². The molecule has 0 aromatic heterocycles. The number of carboxylic acids is 1. The van der Waals surface area contributed by atoms with Crippen LogP contribution in [0.5, 0.6) is 0 Å². The quantitative estimate of drug-likeness (QED) is 0.0670. The lowest BCUT2D eigenvalue weighted by Gasteiger charge is -2.26. The monoisotopic (exact) mass is 614 g/mol. The lowest BCUT2D eigenvalue weighted by molar-refractivity contribution is -0.142. The van der Waals surface area contributed by atoms with Gasteiger partial charge in [-0.05, 0) is 39.5 Å². The lowest BCUT2D eigenvalue weighted by atomic mass is 10.0. The van der Waals surface area contributed by atoms with Gasteiger partial charge in [-0.3, -0.25) is 14.4 Å². The largest absolute Gasteiger partial charge is 0.480 e. The van der Waals surface area contributed by atoms with Crippen LogP contribution < -0.4 is 5.32 Å². The van der Waals surface area contributed by atoms with E-state index >= 15 is 0 Å². The van der Waals surface area contributed by atoms with Gasteiger partial charge in [0.05, 0.1) is 6.10 Å². The lowest BCUT2D eigenvalue weighted by Crippen LogP contribution is -2.42. The van der Waals surface area contributed by atoms with Crippen molar-refractivity contribution in [1.29, 1.82) is 0 Å². The van der Waals surface area contributed by atoms with Crippen LogP contribution in [0.2, 0.25) is 0 Å². The fourth-order valence-electron chi connectivity index (χ4n) is 4.93. The summed E-state index contributed by atoms with van der Waals surface area (Å²) in [5.74, 6) is -1.54. The highest BCUT2D eigenvalue weighted by molar-refractivity contribution is 7.40. The minimum absolute atomic E-state index is 0.0305. The molecule has 0 aliphatic heterocycles. The molecular formula is C33H63N2O6P. The summed E-state index contributed by atoms with van der Waals surface area (Å²) in [6.45, 7) is 6.57. The summed E-state index contributed by atoms with van der Waals surface area (Å²) in [6.07, 6.45) is 21.0. The molecular weight excluding hydrogens is 551 g/mol. The Labute approximate surface area is 259 Å². The Balaban J connectivity index is 3.98. The number of hydrogen-bond acceptors (Lipinski definition) is 5. The third-order valence-corrected chi connectivity index (χ3v) is 8.37. The van der Waals surface area contributed by atoms with E-state index in [-0.39, 0.29) is 42.3 Å². The van der Waals surface area contributed by atoms with Crippen LogP contribution in [0.25, 0.3) is 0 Å². The maximum Gasteiger partial charge on any atom is 0.326 e. The first-order valence-corrected chi connectivity index (χ1v) is 17.3. The Morgan fingerprint density at radius 2 is 1.24 bits per heavy atom. The average molecular weight is 615 g/mol. The predicted molar refractivity (Wildman–Crippen MR) is 175 cm³/mol. The zero-order chi connectivity index (χ0) is 31.6. The van der Waals surface area contributed by atoms with Gasteiger partial charge in [-0.2, -0.15) is 0 Å². The molecule has 2 amide bonds. The Bertz CT molecular complexity index is 735. The number of carbonyl (C=O) groups is 4. The van der Waals surface area contributed by atoms with E-state index in [1.165, 1.54) is 77.0 Å². The molecule has 0 saturated carbocycles. The maximum atomic E-state index is 12.6. The topological polar surface area (TPSA) is 113 Å². The molecule has 4 atom stereocenters. The van der Waals surface area contributed by atoms with Gasteiger partial charge < -0.3 is 20.1 Å². The highest BCUT2D eigenvalue weighted by atomic mass is 31.0. The van der Waals surface area contributed by atoms with Gasteiger partial charge in [0.15, 0.2) is 0 Å². The summed E-state index contributed by atoms with van der Waals surface area (Å²) in [6, 6.07) is -1.14.